The standard InChI is InChI=1S/C23H28Cl2N2O2S/c1-4-11-26-23(29)17(3)27(13-19-8-6-5-7-16(19)2)22(28)15-30-14-18-9-10-20(24)21(25)12-18/h5-10,12,17H,4,11,13-15H2,1-3H3,(H,26,29)/t17-/m0/s1. The summed E-state index contributed by atoms with van der Waals surface area (Å²) in [6, 6.07) is 12.8. The van der Waals surface area contributed by atoms with Crippen molar-refractivity contribution in [3.63, 3.8) is 0 Å². The highest BCUT2D eigenvalue weighted by Crippen LogP contribution is 2.25. The molecule has 0 aromatic heterocycles. The zero-order chi connectivity index (χ0) is 22.1. The molecule has 2 amide bonds. The number of nitrogens with one attached hydrogen (secondary N) is 1. The molecule has 0 fully saturated rings. The van der Waals surface area contributed by atoms with Crippen molar-refractivity contribution in [1.82, 2.24) is 10.2 Å². The van der Waals surface area contributed by atoms with Crippen molar-refractivity contribution in [3.05, 3.63) is 69.2 Å². The second-order valence-corrected chi connectivity index (χ2v) is 8.96. The van der Waals surface area contributed by atoms with E-state index in [0.29, 0.717) is 28.9 Å². The maximum atomic E-state index is 13.1. The summed E-state index contributed by atoms with van der Waals surface area (Å²) in [7, 11) is 0. The number of nitrogens with zero attached hydrogens (tertiary/aromatic N) is 1. The molecule has 162 valence electrons. The first-order chi connectivity index (χ1) is 14.3. The van der Waals surface area contributed by atoms with E-state index in [-0.39, 0.29) is 17.6 Å². The van der Waals surface area contributed by atoms with E-state index in [9.17, 15) is 9.59 Å². The fourth-order valence-corrected chi connectivity index (χ4v) is 4.10. The van der Waals surface area contributed by atoms with Gasteiger partial charge in [-0.3, -0.25) is 9.59 Å². The van der Waals surface area contributed by atoms with Gasteiger partial charge in [-0.25, -0.2) is 0 Å². The highest BCUT2D eigenvalue weighted by Gasteiger charge is 2.26. The van der Waals surface area contributed by atoms with E-state index in [1.54, 1.807) is 17.9 Å². The molecule has 1 N–H and O–H groups in total. The van der Waals surface area contributed by atoms with Crippen LogP contribution in [0.5, 0.6) is 0 Å². The normalized spacial score (nSPS) is 11.8. The average Bonchev–Trinajstić information content (AvgIpc) is 2.73. The van der Waals surface area contributed by atoms with Crippen molar-refractivity contribution < 1.29 is 9.59 Å². The van der Waals surface area contributed by atoms with Gasteiger partial charge in [0.1, 0.15) is 6.04 Å². The Hall–Kier alpha value is -1.69. The number of amides is 2. The number of carbonyl (C=O) groups excluding carboxylic acids is 2. The minimum atomic E-state index is -0.547. The molecule has 0 bridgehead atoms. The Balaban J connectivity index is 2.07. The Morgan fingerprint density at radius 1 is 1.13 bits per heavy atom. The minimum Gasteiger partial charge on any atom is -0.354 e. The van der Waals surface area contributed by atoms with Crippen LogP contribution in [0, 0.1) is 6.92 Å². The lowest BCUT2D eigenvalue weighted by molar-refractivity contribution is -0.138. The molecule has 2 rings (SSSR count). The van der Waals surface area contributed by atoms with Gasteiger partial charge in [0, 0.05) is 18.8 Å². The van der Waals surface area contributed by atoms with Crippen molar-refractivity contribution in [2.75, 3.05) is 12.3 Å². The Morgan fingerprint density at radius 3 is 2.53 bits per heavy atom. The van der Waals surface area contributed by atoms with Gasteiger partial charge in [-0.2, -0.15) is 0 Å². The molecule has 0 heterocycles. The van der Waals surface area contributed by atoms with E-state index in [0.717, 1.165) is 23.1 Å². The average molecular weight is 467 g/mol. The fraction of sp³-hybridized carbons (Fsp3) is 0.391. The monoisotopic (exact) mass is 466 g/mol. The maximum absolute atomic E-state index is 13.1. The number of benzene rings is 2. The minimum absolute atomic E-state index is 0.0672. The number of hydrogen-bond donors (Lipinski definition) is 1. The van der Waals surface area contributed by atoms with Crippen LogP contribution in [0.15, 0.2) is 42.5 Å². The molecule has 2 aromatic carbocycles. The van der Waals surface area contributed by atoms with Gasteiger partial charge in [0.05, 0.1) is 15.8 Å². The first kappa shape index (κ1) is 24.6. The third kappa shape index (κ3) is 7.22. The molecule has 0 radical (unpaired) electrons. The van der Waals surface area contributed by atoms with Crippen LogP contribution in [0.4, 0.5) is 0 Å². The first-order valence-electron chi connectivity index (χ1n) is 9.96. The van der Waals surface area contributed by atoms with Crippen molar-refractivity contribution in [2.45, 2.75) is 45.5 Å². The number of halogens is 2. The van der Waals surface area contributed by atoms with Gasteiger partial charge in [-0.15, -0.1) is 11.8 Å². The molecule has 0 aliphatic heterocycles. The Kier molecular flexibility index (Phi) is 10.0. The largest absolute Gasteiger partial charge is 0.354 e. The molecular formula is C23H28Cl2N2O2S. The molecule has 0 aliphatic carbocycles. The van der Waals surface area contributed by atoms with Crippen molar-refractivity contribution in [3.8, 4) is 0 Å². The number of carbonyl (C=O) groups is 2. The summed E-state index contributed by atoms with van der Waals surface area (Å²) in [4.78, 5) is 27.3. The Labute approximate surface area is 193 Å². The maximum Gasteiger partial charge on any atom is 0.242 e. The number of aryl methyl sites for hydroxylation is 1. The highest BCUT2D eigenvalue weighted by molar-refractivity contribution is 7.99. The van der Waals surface area contributed by atoms with Crippen LogP contribution in [0.1, 0.15) is 37.0 Å². The van der Waals surface area contributed by atoms with Gasteiger partial charge in [-0.05, 0) is 49.1 Å². The summed E-state index contributed by atoms with van der Waals surface area (Å²) in [6.45, 7) is 6.80. The SMILES string of the molecule is CCCNC(=O)[C@H](C)N(Cc1ccccc1C)C(=O)CSCc1ccc(Cl)c(Cl)c1. The van der Waals surface area contributed by atoms with Crippen LogP contribution in [0.3, 0.4) is 0 Å². The molecule has 1 atom stereocenters. The second-order valence-electron chi connectivity index (χ2n) is 7.16. The number of hydrogen-bond acceptors (Lipinski definition) is 3. The van der Waals surface area contributed by atoms with Gasteiger partial charge in [0.2, 0.25) is 11.8 Å². The molecule has 0 saturated heterocycles. The highest BCUT2D eigenvalue weighted by atomic mass is 35.5. The topological polar surface area (TPSA) is 49.4 Å². The fourth-order valence-electron chi connectivity index (χ4n) is 2.92. The summed E-state index contributed by atoms with van der Waals surface area (Å²) in [5.74, 6) is 0.713. The molecule has 4 nitrogen and oxygen atoms in total. The Bertz CT molecular complexity index is 876. The first-order valence-corrected chi connectivity index (χ1v) is 11.9. The van der Waals surface area contributed by atoms with Crippen molar-refractivity contribution in [2.24, 2.45) is 0 Å². The van der Waals surface area contributed by atoms with Gasteiger partial charge < -0.3 is 10.2 Å². The lowest BCUT2D eigenvalue weighted by atomic mass is 10.1. The molecule has 7 heteroatoms. The summed E-state index contributed by atoms with van der Waals surface area (Å²) < 4.78 is 0. The second kappa shape index (κ2) is 12.2. The molecule has 30 heavy (non-hydrogen) atoms. The van der Waals surface area contributed by atoms with E-state index < -0.39 is 6.04 Å². The summed E-state index contributed by atoms with van der Waals surface area (Å²) in [5, 5.41) is 3.91. The van der Waals surface area contributed by atoms with Crippen molar-refractivity contribution in [1.29, 1.82) is 0 Å². The van der Waals surface area contributed by atoms with Crippen LogP contribution in [-0.2, 0) is 21.9 Å². The van der Waals surface area contributed by atoms with Crippen molar-refractivity contribution >= 4 is 46.8 Å². The summed E-state index contributed by atoms with van der Waals surface area (Å²) in [5.41, 5.74) is 3.14. The summed E-state index contributed by atoms with van der Waals surface area (Å²) in [6.07, 6.45) is 0.851. The van der Waals surface area contributed by atoms with Gasteiger partial charge in [-0.1, -0.05) is 60.5 Å². The zero-order valence-electron chi connectivity index (χ0n) is 17.6. The third-order valence-corrected chi connectivity index (χ3v) is 6.52. The predicted molar refractivity (Wildman–Crippen MR) is 127 cm³/mol. The van der Waals surface area contributed by atoms with Crippen LogP contribution < -0.4 is 5.32 Å². The molecule has 0 spiro atoms. The van der Waals surface area contributed by atoms with Crippen LogP contribution >= 0.6 is 35.0 Å². The van der Waals surface area contributed by atoms with E-state index in [1.165, 1.54) is 11.8 Å². The van der Waals surface area contributed by atoms with E-state index in [2.05, 4.69) is 5.32 Å². The molecule has 0 saturated carbocycles. The Morgan fingerprint density at radius 2 is 1.87 bits per heavy atom. The number of thioether (sulfide) groups is 1. The molecule has 0 aliphatic rings. The lowest BCUT2D eigenvalue weighted by Gasteiger charge is -2.29. The smallest absolute Gasteiger partial charge is 0.242 e. The van der Waals surface area contributed by atoms with Gasteiger partial charge >= 0.3 is 0 Å². The molecule has 2 aromatic rings. The lowest BCUT2D eigenvalue weighted by Crippen LogP contribution is -2.48. The zero-order valence-corrected chi connectivity index (χ0v) is 19.9. The van der Waals surface area contributed by atoms with E-state index in [1.807, 2.05) is 50.2 Å². The predicted octanol–water partition coefficient (Wildman–Crippen LogP) is 5.48. The van der Waals surface area contributed by atoms with Crippen LogP contribution in [0.25, 0.3) is 0 Å². The summed E-state index contributed by atoms with van der Waals surface area (Å²) >= 11 is 13.5. The van der Waals surface area contributed by atoms with E-state index >= 15 is 0 Å². The van der Waals surface area contributed by atoms with Gasteiger partial charge in [0.15, 0.2) is 0 Å². The van der Waals surface area contributed by atoms with E-state index in [4.69, 9.17) is 23.2 Å². The third-order valence-electron chi connectivity index (χ3n) is 4.80. The van der Waals surface area contributed by atoms with Crippen LogP contribution in [-0.4, -0.2) is 35.1 Å². The molecule has 0 unspecified atom stereocenters. The molecular weight excluding hydrogens is 439 g/mol. The number of rotatable bonds is 10. The quantitative estimate of drug-likeness (QED) is 0.504. The van der Waals surface area contributed by atoms with Gasteiger partial charge in [0.25, 0.3) is 0 Å². The van der Waals surface area contributed by atoms with Crippen LogP contribution in [0.2, 0.25) is 10.0 Å².